The number of halogens is 3. The summed E-state index contributed by atoms with van der Waals surface area (Å²) in [6.07, 6.45) is -4.59. The van der Waals surface area contributed by atoms with E-state index in [1.807, 2.05) is 30.3 Å². The average Bonchev–Trinajstić information content (AvgIpc) is 3.13. The monoisotopic (exact) mass is 480 g/mol. The number of hydrogen-bond acceptors (Lipinski definition) is 6. The smallest absolute Gasteiger partial charge is 0.406 e. The van der Waals surface area contributed by atoms with Gasteiger partial charge < -0.3 is 21.1 Å². The van der Waals surface area contributed by atoms with Gasteiger partial charge >= 0.3 is 6.36 Å². The van der Waals surface area contributed by atoms with Crippen molar-refractivity contribution in [3.8, 4) is 5.75 Å². The van der Waals surface area contributed by atoms with Crippen LogP contribution in [-0.2, 0) is 16.0 Å². The third-order valence-corrected chi connectivity index (χ3v) is 5.69. The lowest BCUT2D eigenvalue weighted by molar-refractivity contribution is -0.274. The van der Waals surface area contributed by atoms with Crippen LogP contribution in [0.1, 0.15) is 19.4 Å². The van der Waals surface area contributed by atoms with E-state index in [0.717, 1.165) is 23.0 Å². The number of nitrogens with zero attached hydrogens (tertiary/aromatic N) is 1. The highest BCUT2D eigenvalue weighted by atomic mass is 32.1. The van der Waals surface area contributed by atoms with Gasteiger partial charge in [0.05, 0.1) is 16.3 Å². The van der Waals surface area contributed by atoms with Gasteiger partial charge in [0.25, 0.3) is 0 Å². The molecule has 0 radical (unpaired) electrons. The summed E-state index contributed by atoms with van der Waals surface area (Å²) in [5.74, 6) is -1.48. The second-order valence-corrected chi connectivity index (χ2v) is 8.74. The molecule has 0 saturated heterocycles. The summed E-state index contributed by atoms with van der Waals surface area (Å²) in [6.45, 7) is 3.60. The summed E-state index contributed by atoms with van der Waals surface area (Å²) in [6, 6.07) is 11.1. The second kappa shape index (κ2) is 10.2. The molecular formula is C22H23F3N4O3S. The van der Waals surface area contributed by atoms with Crippen LogP contribution in [0.5, 0.6) is 5.75 Å². The Morgan fingerprint density at radius 3 is 2.45 bits per heavy atom. The first-order valence-electron chi connectivity index (χ1n) is 10.1. The first-order valence-corrected chi connectivity index (χ1v) is 10.9. The number of nitrogens with one attached hydrogen (secondary N) is 2. The highest BCUT2D eigenvalue weighted by Gasteiger charge is 2.31. The molecule has 2 amide bonds. The van der Waals surface area contributed by atoms with Gasteiger partial charge in [-0.3, -0.25) is 9.59 Å². The van der Waals surface area contributed by atoms with E-state index in [9.17, 15) is 22.8 Å². The number of carbonyl (C=O) groups excluding carboxylic acids is 2. The SMILES string of the molecule is CC(C)C(N)C(=O)NC(Cc1ccccc1)C(=O)Nc1nc2ccc(OC(F)(F)F)cc2s1. The number of ether oxygens (including phenoxy) is 1. The molecule has 0 aliphatic heterocycles. The minimum Gasteiger partial charge on any atom is -0.406 e. The predicted octanol–water partition coefficient (Wildman–Crippen LogP) is 3.84. The highest BCUT2D eigenvalue weighted by molar-refractivity contribution is 7.22. The zero-order chi connectivity index (χ0) is 24.2. The van der Waals surface area contributed by atoms with Crippen molar-refractivity contribution < 1.29 is 27.5 Å². The molecule has 176 valence electrons. The fourth-order valence-electron chi connectivity index (χ4n) is 2.98. The predicted molar refractivity (Wildman–Crippen MR) is 120 cm³/mol. The number of nitrogens with two attached hydrogens (primary N) is 1. The molecule has 3 rings (SSSR count). The Kier molecular flexibility index (Phi) is 7.54. The van der Waals surface area contributed by atoms with Gasteiger partial charge in [0, 0.05) is 12.5 Å². The van der Waals surface area contributed by atoms with Crippen LogP contribution in [0.4, 0.5) is 18.3 Å². The van der Waals surface area contributed by atoms with Crippen molar-refractivity contribution in [2.75, 3.05) is 5.32 Å². The topological polar surface area (TPSA) is 106 Å². The fourth-order valence-corrected chi connectivity index (χ4v) is 3.88. The fraction of sp³-hybridized carbons (Fsp3) is 0.318. The Hall–Kier alpha value is -3.18. The number of amides is 2. The minimum absolute atomic E-state index is 0.122. The molecule has 2 aromatic carbocycles. The molecule has 1 aromatic heterocycles. The van der Waals surface area contributed by atoms with Gasteiger partial charge in [-0.15, -0.1) is 13.2 Å². The van der Waals surface area contributed by atoms with Crippen molar-refractivity contribution in [1.82, 2.24) is 10.3 Å². The Balaban J connectivity index is 1.78. The quantitative estimate of drug-likeness (QED) is 0.454. The van der Waals surface area contributed by atoms with Gasteiger partial charge in [0.1, 0.15) is 11.8 Å². The van der Waals surface area contributed by atoms with Crippen LogP contribution in [-0.4, -0.2) is 35.2 Å². The molecule has 0 fully saturated rings. The number of alkyl halides is 3. The molecule has 1 heterocycles. The molecule has 3 aromatic rings. The van der Waals surface area contributed by atoms with E-state index in [4.69, 9.17) is 5.73 Å². The number of aromatic nitrogens is 1. The maximum Gasteiger partial charge on any atom is 0.573 e. The summed E-state index contributed by atoms with van der Waals surface area (Å²) in [7, 11) is 0. The number of fused-ring (bicyclic) bond motifs is 1. The molecule has 0 bridgehead atoms. The van der Waals surface area contributed by atoms with E-state index in [1.165, 1.54) is 12.1 Å². The molecule has 4 N–H and O–H groups in total. The van der Waals surface area contributed by atoms with Crippen molar-refractivity contribution in [2.24, 2.45) is 11.7 Å². The summed E-state index contributed by atoms with van der Waals surface area (Å²) < 4.78 is 41.7. The molecule has 0 spiro atoms. The van der Waals surface area contributed by atoms with Crippen LogP contribution < -0.4 is 21.1 Å². The molecule has 33 heavy (non-hydrogen) atoms. The summed E-state index contributed by atoms with van der Waals surface area (Å²) in [5, 5.41) is 5.51. The van der Waals surface area contributed by atoms with Crippen LogP contribution in [0.15, 0.2) is 48.5 Å². The molecular weight excluding hydrogens is 457 g/mol. The third-order valence-electron chi connectivity index (χ3n) is 4.76. The van der Waals surface area contributed by atoms with Crippen LogP contribution in [0.25, 0.3) is 10.2 Å². The summed E-state index contributed by atoms with van der Waals surface area (Å²) in [5.41, 5.74) is 7.14. The highest BCUT2D eigenvalue weighted by Crippen LogP contribution is 2.31. The number of hydrogen-bond donors (Lipinski definition) is 3. The Morgan fingerprint density at radius 1 is 1.12 bits per heavy atom. The summed E-state index contributed by atoms with van der Waals surface area (Å²) >= 11 is 0.992. The maximum absolute atomic E-state index is 13.0. The van der Waals surface area contributed by atoms with E-state index in [-0.39, 0.29) is 23.2 Å². The Bertz CT molecular complexity index is 1120. The Morgan fingerprint density at radius 2 is 1.82 bits per heavy atom. The van der Waals surface area contributed by atoms with E-state index in [2.05, 4.69) is 20.4 Å². The van der Waals surface area contributed by atoms with Gasteiger partial charge in [0.2, 0.25) is 11.8 Å². The normalized spacial score (nSPS) is 13.5. The van der Waals surface area contributed by atoms with Gasteiger partial charge in [-0.1, -0.05) is 55.5 Å². The lowest BCUT2D eigenvalue weighted by Gasteiger charge is -2.22. The lowest BCUT2D eigenvalue weighted by atomic mass is 10.0. The summed E-state index contributed by atoms with van der Waals surface area (Å²) in [4.78, 5) is 29.7. The first-order chi connectivity index (χ1) is 15.5. The van der Waals surface area contributed by atoms with Crippen molar-refractivity contribution in [2.45, 2.75) is 38.7 Å². The van der Waals surface area contributed by atoms with Crippen molar-refractivity contribution in [3.63, 3.8) is 0 Å². The van der Waals surface area contributed by atoms with Crippen LogP contribution >= 0.6 is 11.3 Å². The molecule has 0 aliphatic carbocycles. The lowest BCUT2D eigenvalue weighted by Crippen LogP contribution is -2.52. The number of carbonyl (C=O) groups is 2. The second-order valence-electron chi connectivity index (χ2n) is 7.71. The van der Waals surface area contributed by atoms with E-state index in [1.54, 1.807) is 13.8 Å². The van der Waals surface area contributed by atoms with Gasteiger partial charge in [0.15, 0.2) is 5.13 Å². The van der Waals surface area contributed by atoms with E-state index < -0.39 is 30.3 Å². The molecule has 2 unspecified atom stereocenters. The molecule has 7 nitrogen and oxygen atoms in total. The van der Waals surface area contributed by atoms with Crippen molar-refractivity contribution in [3.05, 3.63) is 54.1 Å². The van der Waals surface area contributed by atoms with Crippen LogP contribution in [0.3, 0.4) is 0 Å². The molecule has 0 saturated carbocycles. The van der Waals surface area contributed by atoms with E-state index in [0.29, 0.717) is 10.2 Å². The van der Waals surface area contributed by atoms with Crippen LogP contribution in [0.2, 0.25) is 0 Å². The zero-order valence-electron chi connectivity index (χ0n) is 17.8. The van der Waals surface area contributed by atoms with Crippen LogP contribution in [0, 0.1) is 5.92 Å². The van der Waals surface area contributed by atoms with Crippen molar-refractivity contribution >= 4 is 38.5 Å². The van der Waals surface area contributed by atoms with Gasteiger partial charge in [-0.2, -0.15) is 0 Å². The zero-order valence-corrected chi connectivity index (χ0v) is 18.7. The number of benzene rings is 2. The number of anilines is 1. The average molecular weight is 481 g/mol. The largest absolute Gasteiger partial charge is 0.573 e. The molecule has 0 aliphatic rings. The van der Waals surface area contributed by atoms with E-state index >= 15 is 0 Å². The molecule has 11 heteroatoms. The first kappa shape index (κ1) is 24.5. The standard InChI is InChI=1S/C22H23F3N4O3S/c1-12(2)18(26)20(31)27-16(10-13-6-4-3-5-7-13)19(30)29-21-28-15-9-8-14(11-17(15)33-21)32-22(23,24)25/h3-9,11-12,16,18H,10,26H2,1-2H3,(H,27,31)(H,28,29,30). The molecule has 2 atom stereocenters. The van der Waals surface area contributed by atoms with Crippen molar-refractivity contribution in [1.29, 1.82) is 0 Å². The third kappa shape index (κ3) is 6.90. The minimum atomic E-state index is -4.81. The maximum atomic E-state index is 13.0. The van der Waals surface area contributed by atoms with Gasteiger partial charge in [-0.25, -0.2) is 4.98 Å². The number of rotatable bonds is 8. The number of thiazole rings is 1. The Labute approximate surface area is 192 Å². The van der Waals surface area contributed by atoms with Gasteiger partial charge in [-0.05, 0) is 23.6 Å².